The number of sulfone groups is 1. The number of nitrogens with zero attached hydrogens (tertiary/aromatic N) is 2. The van der Waals surface area contributed by atoms with Gasteiger partial charge in [0.15, 0.2) is 12.2 Å². The maximum atomic E-state index is 13.2. The molecule has 6 atom stereocenters. The third kappa shape index (κ3) is 9.67. The minimum atomic E-state index is -4.27. The van der Waals surface area contributed by atoms with E-state index in [1.54, 1.807) is 63.3 Å². The Balaban J connectivity index is 1.16. The predicted octanol–water partition coefficient (Wildman–Crippen LogP) is 3.22. The summed E-state index contributed by atoms with van der Waals surface area (Å²) in [5.74, 6) is -1.07. The number of ether oxygens (including phenoxy) is 8. The normalized spacial score (nSPS) is 24.4. The van der Waals surface area contributed by atoms with Gasteiger partial charge in [0.05, 0.1) is 49.2 Å². The van der Waals surface area contributed by atoms with Crippen molar-refractivity contribution in [2.24, 2.45) is 0 Å². The first-order valence-electron chi connectivity index (χ1n) is 18.3. The number of carbonyl (C=O) groups excluding carboxylic acids is 2. The molecule has 2 bridgehead atoms. The number of carbonyl (C=O) groups is 2. The fourth-order valence-electron chi connectivity index (χ4n) is 6.83. The number of aromatic nitrogens is 2. The molecule has 0 aliphatic carbocycles. The average molecular weight is 831 g/mol. The SMILES string of the molecule is CC[C@H]1O[C@@]2(C)[C@H](OC(C)=O)[C@@]1(C)O[C@@H](/C=C/C=C/C=C/c1oc(=O)cc(OC)c1C)[C@@H]2OC(=O)COCCOCCOc1no[n+]([O-])c1S(=O)(=O)c1ccccc1. The molecule has 2 aliphatic rings. The summed E-state index contributed by atoms with van der Waals surface area (Å²) in [5.41, 5.74) is -2.25. The van der Waals surface area contributed by atoms with E-state index in [1.807, 2.05) is 6.92 Å². The third-order valence-electron chi connectivity index (χ3n) is 9.46. The van der Waals surface area contributed by atoms with Crippen LogP contribution in [0.15, 0.2) is 90.5 Å². The molecule has 2 aromatic heterocycles. The fraction of sp³-hybridized carbons (Fsp3) is 0.462. The van der Waals surface area contributed by atoms with Gasteiger partial charge in [-0.3, -0.25) is 9.42 Å². The van der Waals surface area contributed by atoms with E-state index in [2.05, 4.69) is 9.79 Å². The van der Waals surface area contributed by atoms with Gasteiger partial charge in [-0.2, -0.15) is 0 Å². The van der Waals surface area contributed by atoms with Crippen molar-refractivity contribution >= 4 is 27.9 Å². The van der Waals surface area contributed by atoms with Gasteiger partial charge in [0.1, 0.15) is 42.0 Å². The van der Waals surface area contributed by atoms with Gasteiger partial charge in [0.25, 0.3) is 9.84 Å². The summed E-state index contributed by atoms with van der Waals surface area (Å²) in [7, 11) is -2.81. The van der Waals surface area contributed by atoms with Gasteiger partial charge in [0, 0.05) is 12.5 Å². The van der Waals surface area contributed by atoms with Gasteiger partial charge in [0.2, 0.25) is 0 Å². The molecular formula is C39H46N2O16S. The largest absolute Gasteiger partial charge is 0.496 e. The summed E-state index contributed by atoms with van der Waals surface area (Å²) in [6.07, 6.45) is 7.32. The van der Waals surface area contributed by atoms with Crippen LogP contribution < -0.4 is 20.0 Å². The Labute approximate surface area is 334 Å². The van der Waals surface area contributed by atoms with Gasteiger partial charge in [-0.05, 0) is 50.3 Å². The number of methoxy groups -OCH3 is 1. The molecule has 0 N–H and O–H groups in total. The second kappa shape index (κ2) is 18.9. The molecule has 0 radical (unpaired) electrons. The average Bonchev–Trinajstić information content (AvgIpc) is 3.64. The van der Waals surface area contributed by atoms with Crippen LogP contribution in [0, 0.1) is 12.1 Å². The maximum Gasteiger partial charge on any atom is 0.415 e. The highest BCUT2D eigenvalue weighted by molar-refractivity contribution is 7.91. The van der Waals surface area contributed by atoms with E-state index in [-0.39, 0.29) is 36.2 Å². The van der Waals surface area contributed by atoms with E-state index in [4.69, 9.17) is 42.3 Å². The smallest absolute Gasteiger partial charge is 0.415 e. The Morgan fingerprint density at radius 2 is 1.69 bits per heavy atom. The quantitative estimate of drug-likeness (QED) is 0.0732. The van der Waals surface area contributed by atoms with Crippen LogP contribution in [0.1, 0.15) is 45.4 Å². The van der Waals surface area contributed by atoms with E-state index in [1.165, 1.54) is 44.4 Å². The molecule has 3 aromatic rings. The van der Waals surface area contributed by atoms with Gasteiger partial charge in [-0.25, -0.2) is 18.0 Å². The second-order valence-electron chi connectivity index (χ2n) is 13.5. The second-order valence-corrected chi connectivity index (χ2v) is 15.4. The molecule has 5 rings (SSSR count). The molecule has 19 heteroatoms. The number of fused-ring (bicyclic) bond motifs is 2. The van der Waals surface area contributed by atoms with Crippen LogP contribution in [-0.4, -0.2) is 101 Å². The Morgan fingerprint density at radius 1 is 0.983 bits per heavy atom. The van der Waals surface area contributed by atoms with Crippen molar-refractivity contribution in [1.82, 2.24) is 5.16 Å². The molecule has 4 heterocycles. The lowest BCUT2D eigenvalue weighted by molar-refractivity contribution is -0.832. The lowest BCUT2D eigenvalue weighted by Gasteiger charge is -2.48. The number of allylic oxidation sites excluding steroid dienone is 4. The summed E-state index contributed by atoms with van der Waals surface area (Å²) in [4.78, 5) is 36.9. The Kier molecular flexibility index (Phi) is 14.3. The molecule has 2 saturated heterocycles. The third-order valence-corrected chi connectivity index (χ3v) is 11.2. The first-order valence-corrected chi connectivity index (χ1v) is 19.7. The van der Waals surface area contributed by atoms with Crippen molar-refractivity contribution in [3.8, 4) is 11.6 Å². The van der Waals surface area contributed by atoms with E-state index in [0.29, 0.717) is 23.5 Å². The zero-order valence-corrected chi connectivity index (χ0v) is 33.6. The first kappa shape index (κ1) is 43.8. The minimum Gasteiger partial charge on any atom is -0.496 e. The van der Waals surface area contributed by atoms with Crippen molar-refractivity contribution in [2.75, 3.05) is 40.1 Å². The lowest BCUT2D eigenvalue weighted by atomic mass is 9.77. The van der Waals surface area contributed by atoms with E-state index in [0.717, 1.165) is 0 Å². The molecule has 0 saturated carbocycles. The number of hydrogen-bond donors (Lipinski definition) is 0. The Bertz CT molecular complexity index is 2160. The molecule has 2 aliphatic heterocycles. The summed E-state index contributed by atoms with van der Waals surface area (Å²) >= 11 is 0. The standard InChI is InChI=1S/C39H46N2O16S/c1-7-31-38(4)37(52-26(3)42)39(5,56-31)34(29(55-38)18-14-9-8-13-17-28-25(2)30(48-6)23-32(43)53-28)54-33(44)24-50-20-19-49-21-22-51-35-36(41(45)57-40-35)58(46,47)27-15-11-10-12-16-27/h8-18,23,29,31,34,37H,7,19-22,24H2,1-6H3/b9-8+,17-13+,18-14+/t29-,31+,34-,37+,38-,39+/m0/s1. The number of rotatable bonds is 19. The van der Waals surface area contributed by atoms with E-state index < -0.39 is 80.5 Å². The maximum absolute atomic E-state index is 13.2. The van der Waals surface area contributed by atoms with Gasteiger partial charge >= 0.3 is 28.5 Å². The van der Waals surface area contributed by atoms with Crippen LogP contribution in [0.4, 0.5) is 0 Å². The predicted molar refractivity (Wildman–Crippen MR) is 200 cm³/mol. The number of esters is 2. The molecular weight excluding hydrogens is 784 g/mol. The van der Waals surface area contributed by atoms with Crippen LogP contribution in [0.3, 0.4) is 0 Å². The molecule has 0 amide bonds. The zero-order valence-electron chi connectivity index (χ0n) is 32.8. The van der Waals surface area contributed by atoms with Gasteiger partial charge in [-0.15, -0.1) is 0 Å². The first-order chi connectivity index (χ1) is 27.6. The van der Waals surface area contributed by atoms with E-state index >= 15 is 0 Å². The molecule has 0 spiro atoms. The van der Waals surface area contributed by atoms with Crippen LogP contribution in [0.2, 0.25) is 0 Å². The fourth-order valence-corrected chi connectivity index (χ4v) is 8.12. The monoisotopic (exact) mass is 830 g/mol. The van der Waals surface area contributed by atoms with Crippen molar-refractivity contribution in [3.05, 3.63) is 93.7 Å². The van der Waals surface area contributed by atoms with Crippen molar-refractivity contribution < 1.29 is 69.9 Å². The summed E-state index contributed by atoms with van der Waals surface area (Å²) in [6.45, 7) is 7.74. The van der Waals surface area contributed by atoms with Crippen molar-refractivity contribution in [2.45, 2.75) is 86.6 Å². The zero-order chi connectivity index (χ0) is 42.1. The van der Waals surface area contributed by atoms with Crippen molar-refractivity contribution in [1.29, 1.82) is 0 Å². The highest BCUT2D eigenvalue weighted by atomic mass is 32.2. The molecule has 314 valence electrons. The lowest BCUT2D eigenvalue weighted by Crippen LogP contribution is -2.67. The molecule has 58 heavy (non-hydrogen) atoms. The van der Waals surface area contributed by atoms with Crippen LogP contribution in [0.5, 0.6) is 11.6 Å². The van der Waals surface area contributed by atoms with Crippen LogP contribution >= 0.6 is 0 Å². The topological polar surface area (TPSA) is 225 Å². The Hall–Kier alpha value is -5.34. The summed E-state index contributed by atoms with van der Waals surface area (Å²) in [5, 5.41) is 14.7. The number of benzene rings is 1. The van der Waals surface area contributed by atoms with Crippen molar-refractivity contribution in [3.63, 3.8) is 0 Å². The molecule has 1 aromatic carbocycles. The highest BCUT2D eigenvalue weighted by Crippen LogP contribution is 2.52. The molecule has 18 nitrogen and oxygen atoms in total. The number of hydrogen-bond acceptors (Lipinski definition) is 17. The summed E-state index contributed by atoms with van der Waals surface area (Å²) in [6, 6.07) is 8.53. The molecule has 0 unspecified atom stereocenters. The van der Waals surface area contributed by atoms with Crippen LogP contribution in [-0.2, 0) is 47.8 Å². The van der Waals surface area contributed by atoms with Crippen LogP contribution in [0.25, 0.3) is 6.08 Å². The molecule has 2 fully saturated rings. The summed E-state index contributed by atoms with van der Waals surface area (Å²) < 4.78 is 81.7. The highest BCUT2D eigenvalue weighted by Gasteiger charge is 2.71. The van der Waals surface area contributed by atoms with Gasteiger partial charge < -0.3 is 47.5 Å². The minimum absolute atomic E-state index is 0.0142. The van der Waals surface area contributed by atoms with E-state index in [9.17, 15) is 28.0 Å². The Morgan fingerprint density at radius 3 is 2.40 bits per heavy atom. The van der Waals surface area contributed by atoms with Gasteiger partial charge in [-0.1, -0.05) is 55.5 Å².